The molecular weight excluding hydrogens is 338 g/mol. The Morgan fingerprint density at radius 2 is 2.04 bits per heavy atom. The van der Waals surface area contributed by atoms with Crippen LogP contribution < -0.4 is 5.73 Å². The summed E-state index contributed by atoms with van der Waals surface area (Å²) in [6.45, 7) is 6.42. The number of carbonyl (C=O) groups is 1. The number of rotatable bonds is 5. The van der Waals surface area contributed by atoms with Crippen LogP contribution in [-0.4, -0.2) is 51.9 Å². The third kappa shape index (κ3) is 4.83. The van der Waals surface area contributed by atoms with Gasteiger partial charge in [-0.1, -0.05) is 44.2 Å². The maximum absolute atomic E-state index is 13.0. The molecule has 1 saturated heterocycles. The summed E-state index contributed by atoms with van der Waals surface area (Å²) in [5.41, 5.74) is 8.32. The van der Waals surface area contributed by atoms with Gasteiger partial charge in [-0.2, -0.15) is 0 Å². The Hall–Kier alpha value is -2.47. The van der Waals surface area contributed by atoms with Crippen molar-refractivity contribution in [3.8, 4) is 0 Å². The minimum atomic E-state index is -0.0520. The molecule has 2 N–H and O–H groups in total. The van der Waals surface area contributed by atoms with Crippen LogP contribution in [0.3, 0.4) is 0 Å². The molecule has 3 rings (SSSR count). The van der Waals surface area contributed by atoms with E-state index in [1.54, 1.807) is 6.07 Å². The molecular formula is C21H29N5O. The van der Waals surface area contributed by atoms with Gasteiger partial charge in [-0.05, 0) is 37.4 Å². The number of nitrogens with two attached hydrogens (primary N) is 1. The fraction of sp³-hybridized carbons (Fsp3) is 0.476. The molecule has 1 amide bonds. The Kier molecular flexibility index (Phi) is 6.06. The van der Waals surface area contributed by atoms with Crippen LogP contribution in [-0.2, 0) is 6.54 Å². The van der Waals surface area contributed by atoms with Gasteiger partial charge in [0.1, 0.15) is 5.69 Å². The zero-order chi connectivity index (χ0) is 19.4. The van der Waals surface area contributed by atoms with Gasteiger partial charge in [0, 0.05) is 31.4 Å². The number of carbonyl (C=O) groups excluding carboxylic acids is 1. The minimum absolute atomic E-state index is 0.0520. The van der Waals surface area contributed by atoms with Crippen LogP contribution in [0.25, 0.3) is 0 Å². The molecule has 1 fully saturated rings. The summed E-state index contributed by atoms with van der Waals surface area (Å²) in [6.07, 6.45) is 2.09. The Morgan fingerprint density at radius 1 is 1.30 bits per heavy atom. The summed E-state index contributed by atoms with van der Waals surface area (Å²) in [5.74, 6) is 0.316. The topological polar surface area (TPSA) is 75.4 Å². The van der Waals surface area contributed by atoms with Crippen molar-refractivity contribution in [3.05, 3.63) is 53.3 Å². The highest BCUT2D eigenvalue weighted by Crippen LogP contribution is 2.20. The van der Waals surface area contributed by atoms with Gasteiger partial charge in [-0.25, -0.2) is 9.97 Å². The molecule has 2 heterocycles. The second-order valence-corrected chi connectivity index (χ2v) is 7.64. The first-order valence-corrected chi connectivity index (χ1v) is 9.62. The van der Waals surface area contributed by atoms with E-state index < -0.39 is 0 Å². The quantitative estimate of drug-likeness (QED) is 0.879. The van der Waals surface area contributed by atoms with Crippen molar-refractivity contribution < 1.29 is 4.79 Å². The third-order valence-electron chi connectivity index (χ3n) is 5.16. The number of likely N-dealkylation sites (tertiary alicyclic amines) is 1. The number of anilines is 1. The van der Waals surface area contributed by atoms with Crippen LogP contribution in [0.1, 0.15) is 54.4 Å². The maximum atomic E-state index is 13.0. The van der Waals surface area contributed by atoms with Gasteiger partial charge in [0.25, 0.3) is 5.91 Å². The predicted molar refractivity (Wildman–Crippen MR) is 107 cm³/mol. The normalized spacial score (nSPS) is 17.5. The van der Waals surface area contributed by atoms with Crippen molar-refractivity contribution in [2.24, 2.45) is 0 Å². The lowest BCUT2D eigenvalue weighted by molar-refractivity contribution is 0.0596. The zero-order valence-electron chi connectivity index (χ0n) is 16.4. The van der Waals surface area contributed by atoms with Crippen LogP contribution in [0.2, 0.25) is 0 Å². The summed E-state index contributed by atoms with van der Waals surface area (Å²) in [6, 6.07) is 12.5. The van der Waals surface area contributed by atoms with Crippen molar-refractivity contribution in [2.45, 2.75) is 45.2 Å². The van der Waals surface area contributed by atoms with Crippen molar-refractivity contribution in [1.82, 2.24) is 19.8 Å². The Morgan fingerprint density at radius 3 is 2.74 bits per heavy atom. The summed E-state index contributed by atoms with van der Waals surface area (Å²) in [7, 11) is 2.13. The minimum Gasteiger partial charge on any atom is -0.368 e. The van der Waals surface area contributed by atoms with Gasteiger partial charge in [0.15, 0.2) is 0 Å². The molecule has 27 heavy (non-hydrogen) atoms. The summed E-state index contributed by atoms with van der Waals surface area (Å²) >= 11 is 0. The van der Waals surface area contributed by atoms with Gasteiger partial charge in [-0.3, -0.25) is 9.69 Å². The summed E-state index contributed by atoms with van der Waals surface area (Å²) in [5, 5.41) is 0. The molecule has 1 unspecified atom stereocenters. The third-order valence-corrected chi connectivity index (χ3v) is 5.16. The molecule has 1 aromatic carbocycles. The fourth-order valence-corrected chi connectivity index (χ4v) is 3.55. The predicted octanol–water partition coefficient (Wildman–Crippen LogP) is 2.92. The second kappa shape index (κ2) is 8.48. The molecule has 6 heteroatoms. The lowest BCUT2D eigenvalue weighted by Crippen LogP contribution is -2.48. The van der Waals surface area contributed by atoms with Crippen molar-refractivity contribution in [1.29, 1.82) is 0 Å². The first-order valence-electron chi connectivity index (χ1n) is 9.62. The molecule has 0 spiro atoms. The number of hydrogen-bond donors (Lipinski definition) is 1. The number of likely N-dealkylation sites (N-methyl/N-ethyl adjacent to an activating group) is 1. The molecule has 0 saturated carbocycles. The molecule has 1 aliphatic heterocycles. The van der Waals surface area contributed by atoms with Gasteiger partial charge in [-0.15, -0.1) is 0 Å². The number of nitrogens with zero attached hydrogens (tertiary/aromatic N) is 4. The molecule has 1 aromatic heterocycles. The van der Waals surface area contributed by atoms with Gasteiger partial charge in [0.05, 0.1) is 0 Å². The molecule has 0 aliphatic carbocycles. The van der Waals surface area contributed by atoms with Crippen LogP contribution >= 0.6 is 0 Å². The van der Waals surface area contributed by atoms with E-state index in [4.69, 9.17) is 5.73 Å². The van der Waals surface area contributed by atoms with Gasteiger partial charge in [0.2, 0.25) is 5.95 Å². The van der Waals surface area contributed by atoms with E-state index in [0.717, 1.165) is 31.6 Å². The molecule has 2 aromatic rings. The Labute approximate surface area is 161 Å². The van der Waals surface area contributed by atoms with Crippen LogP contribution in [0, 0.1) is 0 Å². The van der Waals surface area contributed by atoms with E-state index in [1.165, 1.54) is 5.56 Å². The van der Waals surface area contributed by atoms with E-state index in [2.05, 4.69) is 46.2 Å². The summed E-state index contributed by atoms with van der Waals surface area (Å²) in [4.78, 5) is 25.7. The Balaban J connectivity index is 1.69. The average Bonchev–Trinajstić information content (AvgIpc) is 2.67. The molecule has 1 aliphatic rings. The number of aromatic nitrogens is 2. The maximum Gasteiger partial charge on any atom is 0.272 e. The van der Waals surface area contributed by atoms with Crippen LogP contribution in [0.5, 0.6) is 0 Å². The van der Waals surface area contributed by atoms with E-state index in [9.17, 15) is 4.79 Å². The number of benzene rings is 1. The number of amides is 1. The monoisotopic (exact) mass is 367 g/mol. The Bertz CT molecular complexity index is 777. The average molecular weight is 367 g/mol. The number of hydrogen-bond acceptors (Lipinski definition) is 5. The highest BCUT2D eigenvalue weighted by Gasteiger charge is 2.28. The first-order chi connectivity index (χ1) is 12.9. The smallest absolute Gasteiger partial charge is 0.272 e. The first kappa shape index (κ1) is 19.3. The van der Waals surface area contributed by atoms with Crippen LogP contribution in [0.4, 0.5) is 5.95 Å². The lowest BCUT2D eigenvalue weighted by Gasteiger charge is -2.37. The highest BCUT2D eigenvalue weighted by atomic mass is 16.2. The molecule has 0 radical (unpaired) electrons. The standard InChI is InChI=1S/C21H29N5O/c1-15(2)18-12-19(24-21(22)23-18)20(27)26-11-7-10-17(14-26)25(3)13-16-8-5-4-6-9-16/h4-6,8-9,12,15,17H,7,10-11,13-14H2,1-3H3,(H2,22,23,24). The second-order valence-electron chi connectivity index (χ2n) is 7.64. The highest BCUT2D eigenvalue weighted by molar-refractivity contribution is 5.92. The van der Waals surface area contributed by atoms with Gasteiger partial charge < -0.3 is 10.6 Å². The van der Waals surface area contributed by atoms with E-state index in [-0.39, 0.29) is 17.8 Å². The van der Waals surface area contributed by atoms with Gasteiger partial charge >= 0.3 is 0 Å². The number of piperidine rings is 1. The number of nitrogen functional groups attached to an aromatic ring is 1. The molecule has 0 bridgehead atoms. The van der Waals surface area contributed by atoms with Crippen molar-refractivity contribution >= 4 is 11.9 Å². The fourth-order valence-electron chi connectivity index (χ4n) is 3.55. The lowest BCUT2D eigenvalue weighted by atomic mass is 10.0. The van der Waals surface area contributed by atoms with Crippen LogP contribution in [0.15, 0.2) is 36.4 Å². The zero-order valence-corrected chi connectivity index (χ0v) is 16.4. The molecule has 1 atom stereocenters. The van der Waals surface area contributed by atoms with Crippen molar-refractivity contribution in [2.75, 3.05) is 25.9 Å². The molecule has 144 valence electrons. The largest absolute Gasteiger partial charge is 0.368 e. The SMILES string of the molecule is CC(C)c1cc(C(=O)N2CCCC(N(C)Cc3ccccc3)C2)nc(N)n1. The summed E-state index contributed by atoms with van der Waals surface area (Å²) < 4.78 is 0. The van der Waals surface area contributed by atoms with E-state index in [0.29, 0.717) is 18.3 Å². The van der Waals surface area contributed by atoms with E-state index in [1.807, 2.05) is 24.8 Å². The molecule has 6 nitrogen and oxygen atoms in total. The van der Waals surface area contributed by atoms with Crippen molar-refractivity contribution in [3.63, 3.8) is 0 Å². The van der Waals surface area contributed by atoms with E-state index >= 15 is 0 Å².